The maximum Gasteiger partial charge on any atom is 0.226 e. The molecular formula is C20H25N3O3. The van der Waals surface area contributed by atoms with Gasteiger partial charge in [0.1, 0.15) is 11.5 Å². The summed E-state index contributed by atoms with van der Waals surface area (Å²) in [5.74, 6) is 0.886. The highest BCUT2D eigenvalue weighted by molar-refractivity contribution is 5.86. The highest BCUT2D eigenvalue weighted by Crippen LogP contribution is 2.18. The molecule has 1 N–H and O–H groups in total. The molecule has 1 amide bonds. The van der Waals surface area contributed by atoms with Crippen molar-refractivity contribution in [3.8, 4) is 0 Å². The number of hydrogen-bond acceptors (Lipinski definition) is 5. The summed E-state index contributed by atoms with van der Waals surface area (Å²) in [5.41, 5.74) is 1.38. The van der Waals surface area contributed by atoms with Gasteiger partial charge in [-0.15, -0.1) is 0 Å². The van der Waals surface area contributed by atoms with Gasteiger partial charge in [0.2, 0.25) is 5.91 Å². The number of rotatable bonds is 9. The maximum atomic E-state index is 12.3. The number of carbonyl (C=O) groups excluding carboxylic acids is 1. The van der Waals surface area contributed by atoms with Crippen LogP contribution in [0.15, 0.2) is 51.6 Å². The van der Waals surface area contributed by atoms with Crippen LogP contribution in [0.1, 0.15) is 31.7 Å². The summed E-state index contributed by atoms with van der Waals surface area (Å²) < 4.78 is 10.7. The highest BCUT2D eigenvalue weighted by atomic mass is 16.5. The summed E-state index contributed by atoms with van der Waals surface area (Å²) in [6.45, 7) is 6.44. The van der Waals surface area contributed by atoms with Crippen molar-refractivity contribution < 1.29 is 13.7 Å². The predicted molar refractivity (Wildman–Crippen MR) is 99.6 cm³/mol. The van der Waals surface area contributed by atoms with Crippen LogP contribution in [0.2, 0.25) is 0 Å². The van der Waals surface area contributed by atoms with Gasteiger partial charge in [0.25, 0.3) is 0 Å². The number of nitrogens with one attached hydrogen (secondary N) is 1. The lowest BCUT2D eigenvalue weighted by atomic mass is 10.1. The standard InChI is InChI=1S/C20H25N3O3/c1-3-15(2)23(14-16-7-6-12-25-16)11-10-21-20(24)13-18-17-8-4-5-9-19(17)26-22-18/h4-9,12,15H,3,10-11,13-14H2,1-2H3,(H,21,24). The molecule has 26 heavy (non-hydrogen) atoms. The number of fused-ring (bicyclic) bond motifs is 1. The first-order valence-corrected chi connectivity index (χ1v) is 9.03. The van der Waals surface area contributed by atoms with Crippen molar-refractivity contribution >= 4 is 16.9 Å². The number of aromatic nitrogens is 1. The molecule has 0 aliphatic heterocycles. The van der Waals surface area contributed by atoms with Crippen molar-refractivity contribution in [2.75, 3.05) is 13.1 Å². The van der Waals surface area contributed by atoms with Crippen molar-refractivity contribution in [3.63, 3.8) is 0 Å². The minimum absolute atomic E-state index is 0.0499. The number of benzene rings is 1. The Labute approximate surface area is 153 Å². The average molecular weight is 355 g/mol. The Bertz CT molecular complexity index is 826. The van der Waals surface area contributed by atoms with E-state index in [2.05, 4.69) is 29.2 Å². The first-order valence-electron chi connectivity index (χ1n) is 9.03. The van der Waals surface area contributed by atoms with Crippen LogP contribution in [0.4, 0.5) is 0 Å². The van der Waals surface area contributed by atoms with Crippen molar-refractivity contribution in [1.82, 2.24) is 15.4 Å². The van der Waals surface area contributed by atoms with E-state index in [1.165, 1.54) is 0 Å². The topological polar surface area (TPSA) is 71.5 Å². The third-order valence-electron chi connectivity index (χ3n) is 4.65. The molecule has 0 aliphatic carbocycles. The SMILES string of the molecule is CCC(C)N(CCNC(=O)Cc1noc2ccccc12)Cc1ccco1. The number of carbonyl (C=O) groups is 1. The van der Waals surface area contributed by atoms with Crippen molar-refractivity contribution in [2.45, 2.75) is 39.3 Å². The molecule has 1 unspecified atom stereocenters. The zero-order valence-electron chi connectivity index (χ0n) is 15.3. The molecule has 1 atom stereocenters. The Morgan fingerprint density at radius 2 is 2.12 bits per heavy atom. The van der Waals surface area contributed by atoms with Crippen LogP contribution in [0.25, 0.3) is 11.0 Å². The van der Waals surface area contributed by atoms with Crippen LogP contribution in [0.5, 0.6) is 0 Å². The lowest BCUT2D eigenvalue weighted by molar-refractivity contribution is -0.120. The predicted octanol–water partition coefficient (Wildman–Crippen LogP) is 3.38. The van der Waals surface area contributed by atoms with Gasteiger partial charge in [-0.05, 0) is 37.6 Å². The first-order chi connectivity index (χ1) is 12.7. The summed E-state index contributed by atoms with van der Waals surface area (Å²) >= 11 is 0. The summed E-state index contributed by atoms with van der Waals surface area (Å²) in [6, 6.07) is 11.9. The van der Waals surface area contributed by atoms with Crippen molar-refractivity contribution in [3.05, 3.63) is 54.1 Å². The van der Waals surface area contributed by atoms with Gasteiger partial charge in [0.15, 0.2) is 5.58 Å². The normalized spacial score (nSPS) is 12.6. The number of furan rings is 1. The van der Waals surface area contributed by atoms with Gasteiger partial charge >= 0.3 is 0 Å². The molecule has 2 aromatic heterocycles. The number of nitrogens with zero attached hydrogens (tertiary/aromatic N) is 2. The first kappa shape index (κ1) is 18.2. The van der Waals surface area contributed by atoms with Crippen LogP contribution in [-0.2, 0) is 17.8 Å². The van der Waals surface area contributed by atoms with E-state index in [1.54, 1.807) is 6.26 Å². The minimum Gasteiger partial charge on any atom is -0.468 e. The van der Waals surface area contributed by atoms with E-state index in [0.29, 0.717) is 23.9 Å². The van der Waals surface area contributed by atoms with Crippen LogP contribution in [-0.4, -0.2) is 35.1 Å². The Balaban J connectivity index is 1.51. The molecule has 3 aromatic rings. The molecule has 1 aromatic carbocycles. The van der Waals surface area contributed by atoms with Gasteiger partial charge in [-0.2, -0.15) is 0 Å². The molecule has 0 radical (unpaired) electrons. The fourth-order valence-corrected chi connectivity index (χ4v) is 2.94. The Hall–Kier alpha value is -2.60. The van der Waals surface area contributed by atoms with E-state index < -0.39 is 0 Å². The molecule has 2 heterocycles. The van der Waals surface area contributed by atoms with Gasteiger partial charge in [-0.3, -0.25) is 9.69 Å². The van der Waals surface area contributed by atoms with E-state index in [4.69, 9.17) is 8.94 Å². The van der Waals surface area contributed by atoms with Gasteiger partial charge < -0.3 is 14.3 Å². The molecule has 138 valence electrons. The monoisotopic (exact) mass is 355 g/mol. The molecule has 3 rings (SSSR count). The second-order valence-corrected chi connectivity index (χ2v) is 6.46. The Morgan fingerprint density at radius 3 is 2.88 bits per heavy atom. The number of amides is 1. The fraction of sp³-hybridized carbons (Fsp3) is 0.400. The van der Waals surface area contributed by atoms with Gasteiger partial charge in [0.05, 0.1) is 19.2 Å². The molecule has 0 bridgehead atoms. The van der Waals surface area contributed by atoms with E-state index in [9.17, 15) is 4.79 Å². The molecule has 0 spiro atoms. The van der Waals surface area contributed by atoms with Crippen molar-refractivity contribution in [1.29, 1.82) is 0 Å². The molecule has 0 aliphatic rings. The van der Waals surface area contributed by atoms with Gasteiger partial charge in [-0.1, -0.05) is 24.2 Å². The van der Waals surface area contributed by atoms with Crippen LogP contribution < -0.4 is 5.32 Å². The fourth-order valence-electron chi connectivity index (χ4n) is 2.94. The van der Waals surface area contributed by atoms with Crippen LogP contribution in [0, 0.1) is 0 Å². The lowest BCUT2D eigenvalue weighted by Crippen LogP contribution is -2.39. The van der Waals surface area contributed by atoms with E-state index in [1.807, 2.05) is 36.4 Å². The summed E-state index contributed by atoms with van der Waals surface area (Å²) in [4.78, 5) is 14.6. The quantitative estimate of drug-likeness (QED) is 0.637. The van der Waals surface area contributed by atoms with Crippen LogP contribution >= 0.6 is 0 Å². The van der Waals surface area contributed by atoms with Crippen LogP contribution in [0.3, 0.4) is 0 Å². The maximum absolute atomic E-state index is 12.3. The molecule has 0 saturated heterocycles. The van der Waals surface area contributed by atoms with E-state index in [0.717, 1.165) is 30.7 Å². The summed E-state index contributed by atoms with van der Waals surface area (Å²) in [6.07, 6.45) is 2.95. The lowest BCUT2D eigenvalue weighted by Gasteiger charge is -2.27. The van der Waals surface area contributed by atoms with E-state index >= 15 is 0 Å². The van der Waals surface area contributed by atoms with E-state index in [-0.39, 0.29) is 12.3 Å². The second-order valence-electron chi connectivity index (χ2n) is 6.46. The third kappa shape index (κ3) is 4.52. The summed E-state index contributed by atoms with van der Waals surface area (Å²) in [7, 11) is 0. The van der Waals surface area contributed by atoms with Gasteiger partial charge in [0, 0.05) is 24.5 Å². The largest absolute Gasteiger partial charge is 0.468 e. The average Bonchev–Trinajstić information content (AvgIpc) is 3.30. The number of para-hydroxylation sites is 1. The second kappa shape index (κ2) is 8.67. The molecular weight excluding hydrogens is 330 g/mol. The highest BCUT2D eigenvalue weighted by Gasteiger charge is 2.15. The molecule has 6 nitrogen and oxygen atoms in total. The molecule has 0 fully saturated rings. The van der Waals surface area contributed by atoms with Gasteiger partial charge in [-0.25, -0.2) is 0 Å². The zero-order chi connectivity index (χ0) is 18.4. The zero-order valence-corrected chi connectivity index (χ0v) is 15.3. The third-order valence-corrected chi connectivity index (χ3v) is 4.65. The molecule has 6 heteroatoms. The molecule has 0 saturated carbocycles. The van der Waals surface area contributed by atoms with Crippen molar-refractivity contribution in [2.24, 2.45) is 0 Å². The minimum atomic E-state index is -0.0499. The summed E-state index contributed by atoms with van der Waals surface area (Å²) in [5, 5.41) is 7.88. The Morgan fingerprint density at radius 1 is 1.27 bits per heavy atom. The number of hydrogen-bond donors (Lipinski definition) is 1. The smallest absolute Gasteiger partial charge is 0.226 e. The Kier molecular flexibility index (Phi) is 6.07.